The third kappa shape index (κ3) is 5.21. The van der Waals surface area contributed by atoms with Gasteiger partial charge in [-0.3, -0.25) is 0 Å². The lowest BCUT2D eigenvalue weighted by atomic mass is 10.1. The molecular formula is C19H16F5NO4. The second-order valence-electron chi connectivity index (χ2n) is 6.25. The molecule has 0 heterocycles. The number of amides is 1. The monoisotopic (exact) mass is 417 g/mol. The number of carbonyl (C=O) groups is 2. The van der Waals surface area contributed by atoms with Gasteiger partial charge < -0.3 is 14.8 Å². The first-order valence-electron chi connectivity index (χ1n) is 8.33. The maximum Gasteiger partial charge on any atom is 0.408 e. The third-order valence-corrected chi connectivity index (χ3v) is 3.78. The molecule has 156 valence electrons. The predicted molar refractivity (Wildman–Crippen MR) is 90.3 cm³/mol. The van der Waals surface area contributed by atoms with E-state index in [-0.39, 0.29) is 6.61 Å². The Hall–Kier alpha value is -3.17. The van der Waals surface area contributed by atoms with Crippen molar-refractivity contribution in [3.8, 4) is 5.75 Å². The Balaban J connectivity index is 2.11. The van der Waals surface area contributed by atoms with Crippen molar-refractivity contribution in [2.45, 2.75) is 26.5 Å². The van der Waals surface area contributed by atoms with Crippen LogP contribution in [0.15, 0.2) is 30.3 Å². The Morgan fingerprint density at radius 2 is 1.41 bits per heavy atom. The predicted octanol–water partition coefficient (Wildman–Crippen LogP) is 4.24. The molecule has 10 heteroatoms. The van der Waals surface area contributed by atoms with Crippen LogP contribution in [0, 0.1) is 35.0 Å². The standard InChI is InChI=1S/C19H16F5NO4/c1-9(2)16(25-19(27)28-8-10-6-4-3-5-7-10)18(26)29-17-14(23)12(21)11(20)13(22)15(17)24/h3-7,9,16H,8H2,1-2H3,(H,25,27)/t16-/m1/s1. The van der Waals surface area contributed by atoms with Crippen LogP contribution in [-0.4, -0.2) is 18.1 Å². The van der Waals surface area contributed by atoms with Crippen molar-refractivity contribution in [3.63, 3.8) is 0 Å². The van der Waals surface area contributed by atoms with Crippen LogP contribution in [0.25, 0.3) is 0 Å². The smallest absolute Gasteiger partial charge is 0.408 e. The number of hydrogen-bond donors (Lipinski definition) is 1. The van der Waals surface area contributed by atoms with Gasteiger partial charge in [-0.05, 0) is 11.5 Å². The third-order valence-electron chi connectivity index (χ3n) is 3.78. The molecule has 1 atom stereocenters. The number of rotatable bonds is 6. The minimum Gasteiger partial charge on any atom is -0.445 e. The Morgan fingerprint density at radius 1 is 0.897 bits per heavy atom. The van der Waals surface area contributed by atoms with Crippen molar-refractivity contribution >= 4 is 12.1 Å². The van der Waals surface area contributed by atoms with Gasteiger partial charge in [-0.15, -0.1) is 0 Å². The summed E-state index contributed by atoms with van der Waals surface area (Å²) in [6.45, 7) is 2.80. The number of hydrogen-bond acceptors (Lipinski definition) is 4. The van der Waals surface area contributed by atoms with Gasteiger partial charge in [0.05, 0.1) is 0 Å². The average molecular weight is 417 g/mol. The van der Waals surface area contributed by atoms with E-state index in [9.17, 15) is 31.5 Å². The fraction of sp³-hybridized carbons (Fsp3) is 0.263. The molecule has 1 amide bonds. The molecule has 29 heavy (non-hydrogen) atoms. The van der Waals surface area contributed by atoms with Gasteiger partial charge in [0, 0.05) is 0 Å². The van der Waals surface area contributed by atoms with Gasteiger partial charge in [0.15, 0.2) is 0 Å². The molecule has 1 N–H and O–H groups in total. The van der Waals surface area contributed by atoms with E-state index >= 15 is 0 Å². The van der Waals surface area contributed by atoms with Gasteiger partial charge in [0.25, 0.3) is 0 Å². The van der Waals surface area contributed by atoms with Crippen molar-refractivity contribution in [1.82, 2.24) is 5.32 Å². The summed E-state index contributed by atoms with van der Waals surface area (Å²) < 4.78 is 76.2. The highest BCUT2D eigenvalue weighted by molar-refractivity contribution is 5.83. The second-order valence-corrected chi connectivity index (χ2v) is 6.25. The number of nitrogens with one attached hydrogen (secondary N) is 1. The van der Waals surface area contributed by atoms with E-state index in [1.807, 2.05) is 0 Å². The Labute approximate surface area is 162 Å². The molecule has 0 spiro atoms. The molecule has 0 aliphatic rings. The van der Waals surface area contributed by atoms with E-state index in [0.29, 0.717) is 5.56 Å². The largest absolute Gasteiger partial charge is 0.445 e. The van der Waals surface area contributed by atoms with Crippen molar-refractivity contribution < 1.29 is 41.0 Å². The molecule has 5 nitrogen and oxygen atoms in total. The zero-order chi connectivity index (χ0) is 21.7. The van der Waals surface area contributed by atoms with Crippen LogP contribution in [0.1, 0.15) is 19.4 Å². The lowest BCUT2D eigenvalue weighted by Crippen LogP contribution is -2.46. The molecule has 0 aliphatic carbocycles. The quantitative estimate of drug-likeness (QED) is 0.251. The summed E-state index contributed by atoms with van der Waals surface area (Å²) in [6.07, 6.45) is -1.04. The minimum absolute atomic E-state index is 0.121. The lowest BCUT2D eigenvalue weighted by Gasteiger charge is -2.21. The zero-order valence-electron chi connectivity index (χ0n) is 15.3. The molecule has 0 saturated carbocycles. The highest BCUT2D eigenvalue weighted by atomic mass is 19.2. The summed E-state index contributed by atoms with van der Waals surface area (Å²) in [7, 11) is 0. The van der Waals surface area contributed by atoms with Crippen molar-refractivity contribution in [1.29, 1.82) is 0 Å². The van der Waals surface area contributed by atoms with E-state index in [1.54, 1.807) is 30.3 Å². The molecule has 2 aromatic carbocycles. The van der Waals surface area contributed by atoms with Gasteiger partial charge >= 0.3 is 12.1 Å². The van der Waals surface area contributed by atoms with Gasteiger partial charge in [-0.25, -0.2) is 22.8 Å². The molecule has 2 aromatic rings. The van der Waals surface area contributed by atoms with Crippen LogP contribution in [0.4, 0.5) is 26.7 Å². The van der Waals surface area contributed by atoms with E-state index < -0.39 is 58.9 Å². The number of halogens is 5. The fourth-order valence-electron chi connectivity index (χ4n) is 2.23. The number of carbonyl (C=O) groups excluding carboxylic acids is 2. The van der Waals surface area contributed by atoms with Crippen molar-refractivity contribution in [3.05, 3.63) is 65.0 Å². The maximum absolute atomic E-state index is 13.7. The van der Waals surface area contributed by atoms with Crippen LogP contribution >= 0.6 is 0 Å². The second kappa shape index (κ2) is 9.35. The number of alkyl carbamates (subject to hydrolysis) is 1. The summed E-state index contributed by atoms with van der Waals surface area (Å²) >= 11 is 0. The topological polar surface area (TPSA) is 64.6 Å². The van der Waals surface area contributed by atoms with E-state index in [2.05, 4.69) is 10.1 Å². The molecule has 0 fully saturated rings. The highest BCUT2D eigenvalue weighted by Crippen LogP contribution is 2.29. The molecule has 0 aromatic heterocycles. The summed E-state index contributed by atoms with van der Waals surface area (Å²) in [6, 6.07) is 7.08. The maximum atomic E-state index is 13.7. The Kier molecular flexibility index (Phi) is 7.13. The Bertz CT molecular complexity index is 876. The summed E-state index contributed by atoms with van der Waals surface area (Å²) in [5.41, 5.74) is 0.660. The van der Waals surface area contributed by atoms with Gasteiger partial charge in [-0.1, -0.05) is 44.2 Å². The number of ether oxygens (including phenoxy) is 2. The normalized spacial score (nSPS) is 11.9. The van der Waals surface area contributed by atoms with Crippen LogP contribution < -0.4 is 10.1 Å². The summed E-state index contributed by atoms with van der Waals surface area (Å²) in [4.78, 5) is 24.1. The average Bonchev–Trinajstić information content (AvgIpc) is 2.71. The summed E-state index contributed by atoms with van der Waals surface area (Å²) in [5, 5.41) is 2.14. The number of esters is 1. The number of benzene rings is 2. The Morgan fingerprint density at radius 3 is 1.93 bits per heavy atom. The molecule has 0 bridgehead atoms. The van der Waals surface area contributed by atoms with Gasteiger partial charge in [0.2, 0.25) is 34.8 Å². The molecule has 2 rings (SSSR count). The van der Waals surface area contributed by atoms with Crippen molar-refractivity contribution in [2.75, 3.05) is 0 Å². The van der Waals surface area contributed by atoms with Gasteiger partial charge in [-0.2, -0.15) is 8.78 Å². The van der Waals surface area contributed by atoms with Crippen LogP contribution in [0.3, 0.4) is 0 Å². The van der Waals surface area contributed by atoms with Crippen LogP contribution in [0.2, 0.25) is 0 Å². The zero-order valence-corrected chi connectivity index (χ0v) is 15.3. The minimum atomic E-state index is -2.39. The molecule has 0 radical (unpaired) electrons. The van der Waals surface area contributed by atoms with E-state index in [0.717, 1.165) is 0 Å². The van der Waals surface area contributed by atoms with Gasteiger partial charge in [0.1, 0.15) is 12.6 Å². The molecule has 0 saturated heterocycles. The van der Waals surface area contributed by atoms with Crippen LogP contribution in [0.5, 0.6) is 5.75 Å². The molecule has 0 unspecified atom stereocenters. The first kappa shape index (κ1) is 22.1. The molecule has 0 aliphatic heterocycles. The van der Waals surface area contributed by atoms with Crippen molar-refractivity contribution in [2.24, 2.45) is 5.92 Å². The fourth-order valence-corrected chi connectivity index (χ4v) is 2.23. The first-order chi connectivity index (χ1) is 13.6. The SMILES string of the molecule is CC(C)[C@@H](NC(=O)OCc1ccccc1)C(=O)Oc1c(F)c(F)c(F)c(F)c1F. The van der Waals surface area contributed by atoms with Crippen LogP contribution in [-0.2, 0) is 16.1 Å². The lowest BCUT2D eigenvalue weighted by molar-refractivity contribution is -0.138. The highest BCUT2D eigenvalue weighted by Gasteiger charge is 2.32. The van der Waals surface area contributed by atoms with E-state index in [4.69, 9.17) is 4.74 Å². The first-order valence-corrected chi connectivity index (χ1v) is 8.33. The van der Waals surface area contributed by atoms with E-state index in [1.165, 1.54) is 13.8 Å². The summed E-state index contributed by atoms with van der Waals surface area (Å²) in [5.74, 6) is -15.4. The molecular weight excluding hydrogens is 401 g/mol.